The smallest absolute Gasteiger partial charge is 0.331 e. The number of Topliss-reactive ketones (excluding diaryl/α,β-unsaturated/α-hetero) is 2. The molecule has 1 aliphatic heterocycles. The van der Waals surface area contributed by atoms with Gasteiger partial charge in [-0.1, -0.05) is 111 Å². The number of fused-ring (bicyclic) bond motifs is 3. The zero-order valence-electron chi connectivity index (χ0n) is 35.0. The van der Waals surface area contributed by atoms with E-state index in [1.54, 1.807) is 12.1 Å². The molecule has 1 fully saturated rings. The summed E-state index contributed by atoms with van der Waals surface area (Å²) in [6.07, 6.45) is 7.41. The summed E-state index contributed by atoms with van der Waals surface area (Å²) in [4.78, 5) is 63.8. The number of hydrogen-bond donors (Lipinski definition) is 1. The zero-order valence-corrected chi connectivity index (χ0v) is 35.0. The Morgan fingerprint density at radius 3 is 1.62 bits per heavy atom. The van der Waals surface area contributed by atoms with Gasteiger partial charge < -0.3 is 19.5 Å². The van der Waals surface area contributed by atoms with E-state index in [-0.39, 0.29) is 28.9 Å². The average molecular weight is 794 g/mol. The third kappa shape index (κ3) is 10.8. The van der Waals surface area contributed by atoms with E-state index < -0.39 is 23.6 Å². The van der Waals surface area contributed by atoms with Crippen LogP contribution in [0.3, 0.4) is 0 Å². The Morgan fingerprint density at radius 1 is 0.724 bits per heavy atom. The lowest BCUT2D eigenvalue weighted by Crippen LogP contribution is -2.53. The number of nitrogens with zero attached hydrogens (tertiary/aromatic N) is 3. The molecule has 5 rings (SSSR count). The number of aliphatic hydroxyl groups is 1. The first-order valence-corrected chi connectivity index (χ1v) is 20.8. The fourth-order valence-electron chi connectivity index (χ4n) is 7.91. The van der Waals surface area contributed by atoms with Crippen LogP contribution in [0.2, 0.25) is 0 Å². The Hall–Kier alpha value is -4.84. The molecule has 310 valence electrons. The van der Waals surface area contributed by atoms with Crippen LogP contribution in [0, 0.1) is 0 Å². The maximum Gasteiger partial charge on any atom is 0.331 e. The van der Waals surface area contributed by atoms with Gasteiger partial charge in [0.1, 0.15) is 11.4 Å². The first-order valence-electron chi connectivity index (χ1n) is 20.8. The third-order valence-corrected chi connectivity index (χ3v) is 11.2. The van der Waals surface area contributed by atoms with Crippen LogP contribution >= 0.6 is 0 Å². The van der Waals surface area contributed by atoms with Crippen molar-refractivity contribution in [2.45, 2.75) is 123 Å². The number of ether oxygens (including phenoxy) is 1. The van der Waals surface area contributed by atoms with E-state index in [0.717, 1.165) is 97.8 Å². The van der Waals surface area contributed by atoms with Gasteiger partial charge in [-0.3, -0.25) is 14.5 Å². The summed E-state index contributed by atoms with van der Waals surface area (Å²) >= 11 is 0. The molecule has 1 atom stereocenters. The molecular formula is C47H59N3O8. The van der Waals surface area contributed by atoms with Crippen molar-refractivity contribution in [1.82, 2.24) is 4.90 Å². The quantitative estimate of drug-likeness (QED) is 0.0305. The molecule has 0 radical (unpaired) electrons. The van der Waals surface area contributed by atoms with Crippen molar-refractivity contribution in [1.29, 1.82) is 0 Å². The summed E-state index contributed by atoms with van der Waals surface area (Å²) < 4.78 is 5.56. The van der Waals surface area contributed by atoms with Crippen molar-refractivity contribution in [3.05, 3.63) is 94.0 Å². The van der Waals surface area contributed by atoms with Gasteiger partial charge in [0.2, 0.25) is 11.6 Å². The van der Waals surface area contributed by atoms with Crippen LogP contribution in [-0.2, 0) is 24.0 Å². The number of unbranched alkanes of at least 4 members (excludes halogenated alkanes) is 6. The van der Waals surface area contributed by atoms with E-state index in [0.29, 0.717) is 37.2 Å². The number of carbonyl (C=O) groups is 4. The lowest BCUT2D eigenvalue weighted by molar-refractivity contribution is -0.141. The van der Waals surface area contributed by atoms with Crippen molar-refractivity contribution in [3.63, 3.8) is 0 Å². The fraction of sp³-hybridized carbons (Fsp3) is 0.489. The van der Waals surface area contributed by atoms with E-state index in [2.05, 4.69) is 29.1 Å². The van der Waals surface area contributed by atoms with Crippen LogP contribution < -0.4 is 0 Å². The number of aliphatic hydroxyl groups excluding tert-OH is 1. The first-order chi connectivity index (χ1) is 27.9. The normalized spacial score (nSPS) is 16.4. The van der Waals surface area contributed by atoms with Crippen molar-refractivity contribution in [2.24, 2.45) is 10.3 Å². The molecule has 0 saturated carbocycles. The highest BCUT2D eigenvalue weighted by molar-refractivity contribution is 6.46. The Morgan fingerprint density at radius 2 is 1.19 bits per heavy atom. The minimum absolute atomic E-state index is 0.186. The second-order valence-corrected chi connectivity index (χ2v) is 15.9. The van der Waals surface area contributed by atoms with Gasteiger partial charge in [0.25, 0.3) is 0 Å². The van der Waals surface area contributed by atoms with Gasteiger partial charge in [-0.25, -0.2) is 9.59 Å². The Balaban J connectivity index is 1.56. The standard InChI is InChI=1S/C47H59N3O8/c1-7-9-11-13-15-41(48-57-31(3)51)44(53)35-21-23-37-38-24-22-36(45(54)42(49-58-32(4)52)16-14-12-10-8-2)30-40(38)43(39(37)29-35)33-17-19-34(20-18-33)46(55)47(5,6)50-25-27-56-28-26-50/h17-24,29-30,43,46,55H,7-16,25-28H2,1-6H3/b48-41+,49-42+. The van der Waals surface area contributed by atoms with Crippen LogP contribution in [-0.4, -0.2) is 76.8 Å². The van der Waals surface area contributed by atoms with Gasteiger partial charge in [0, 0.05) is 49.5 Å². The van der Waals surface area contributed by atoms with Crippen LogP contribution in [0.15, 0.2) is 71.0 Å². The fourth-order valence-corrected chi connectivity index (χ4v) is 7.91. The highest BCUT2D eigenvalue weighted by atomic mass is 16.7. The van der Waals surface area contributed by atoms with E-state index in [9.17, 15) is 24.3 Å². The average Bonchev–Trinajstić information content (AvgIpc) is 3.55. The van der Waals surface area contributed by atoms with E-state index in [1.165, 1.54) is 13.8 Å². The number of ketones is 2. The summed E-state index contributed by atoms with van der Waals surface area (Å²) in [6.45, 7) is 13.5. The predicted octanol–water partition coefficient (Wildman–Crippen LogP) is 9.14. The van der Waals surface area contributed by atoms with Crippen molar-refractivity contribution < 1.29 is 38.7 Å². The van der Waals surface area contributed by atoms with Gasteiger partial charge in [-0.2, -0.15) is 0 Å². The van der Waals surface area contributed by atoms with Crippen molar-refractivity contribution in [3.8, 4) is 11.1 Å². The second kappa shape index (κ2) is 20.7. The van der Waals surface area contributed by atoms with Crippen molar-refractivity contribution >= 4 is 34.9 Å². The van der Waals surface area contributed by atoms with E-state index in [1.807, 2.05) is 62.4 Å². The van der Waals surface area contributed by atoms with Crippen LogP contribution in [0.4, 0.5) is 0 Å². The van der Waals surface area contributed by atoms with Gasteiger partial charge in [-0.05, 0) is 85.0 Å². The molecular weight excluding hydrogens is 735 g/mol. The summed E-state index contributed by atoms with van der Waals surface area (Å²) in [6, 6.07) is 19.1. The number of oxime groups is 2. The monoisotopic (exact) mass is 793 g/mol. The third-order valence-electron chi connectivity index (χ3n) is 11.2. The molecule has 0 aromatic heterocycles. The molecule has 0 spiro atoms. The predicted molar refractivity (Wildman–Crippen MR) is 225 cm³/mol. The molecule has 2 aliphatic rings. The minimum atomic E-state index is -0.768. The lowest BCUT2D eigenvalue weighted by atomic mass is 9.84. The Bertz CT molecular complexity index is 1890. The second-order valence-electron chi connectivity index (χ2n) is 15.9. The first kappa shape index (κ1) is 44.3. The highest BCUT2D eigenvalue weighted by Crippen LogP contribution is 2.49. The number of benzene rings is 3. The molecule has 0 amide bonds. The maximum absolute atomic E-state index is 14.1. The lowest BCUT2D eigenvalue weighted by Gasteiger charge is -2.43. The van der Waals surface area contributed by atoms with Crippen LogP contribution in [0.1, 0.15) is 161 Å². The van der Waals surface area contributed by atoms with E-state index >= 15 is 0 Å². The number of rotatable bonds is 20. The molecule has 0 bridgehead atoms. The van der Waals surface area contributed by atoms with Gasteiger partial charge in [-0.15, -0.1) is 0 Å². The molecule has 11 heteroatoms. The topological polar surface area (TPSA) is 144 Å². The van der Waals surface area contributed by atoms with Crippen LogP contribution in [0.5, 0.6) is 0 Å². The largest absolute Gasteiger partial charge is 0.386 e. The molecule has 1 unspecified atom stereocenters. The maximum atomic E-state index is 14.1. The van der Waals surface area contributed by atoms with Crippen LogP contribution in [0.25, 0.3) is 11.1 Å². The summed E-state index contributed by atoms with van der Waals surface area (Å²) in [7, 11) is 0. The molecule has 1 N–H and O–H groups in total. The minimum Gasteiger partial charge on any atom is -0.386 e. The highest BCUT2D eigenvalue weighted by Gasteiger charge is 2.37. The number of hydrogen-bond acceptors (Lipinski definition) is 11. The molecule has 3 aromatic carbocycles. The molecule has 58 heavy (non-hydrogen) atoms. The zero-order chi connectivity index (χ0) is 41.8. The summed E-state index contributed by atoms with van der Waals surface area (Å²) in [5.41, 5.74) is 5.94. The molecule has 1 heterocycles. The van der Waals surface area contributed by atoms with Gasteiger partial charge in [0.05, 0.1) is 19.3 Å². The molecule has 1 saturated heterocycles. The molecule has 11 nitrogen and oxygen atoms in total. The van der Waals surface area contributed by atoms with E-state index in [4.69, 9.17) is 14.4 Å². The summed E-state index contributed by atoms with van der Waals surface area (Å²) in [5, 5.41) is 19.7. The van der Waals surface area contributed by atoms with Gasteiger partial charge >= 0.3 is 11.9 Å². The Labute approximate surface area is 342 Å². The number of carbonyl (C=O) groups excluding carboxylic acids is 4. The molecule has 1 aliphatic carbocycles. The summed E-state index contributed by atoms with van der Waals surface area (Å²) in [5.74, 6) is -2.20. The van der Waals surface area contributed by atoms with Crippen molar-refractivity contribution in [2.75, 3.05) is 26.3 Å². The molecule has 3 aromatic rings. The SMILES string of the molecule is CCCCCC/C(=N\OC(C)=O)C(=O)c1ccc2c(c1)C(c1ccc(C(O)C(C)(C)N3CCOCC3)cc1)c1cc(C(=O)/C(CCCCCC)=N/OC(C)=O)ccc1-2. The Kier molecular flexibility index (Phi) is 15.8. The number of morpholine rings is 1. The van der Waals surface area contributed by atoms with Gasteiger partial charge in [0.15, 0.2) is 0 Å².